The monoisotopic (exact) mass is 403 g/mol. The maximum absolute atomic E-state index is 6.07. The van der Waals surface area contributed by atoms with Gasteiger partial charge in [0.25, 0.3) is 0 Å². The lowest BCUT2D eigenvalue weighted by atomic mass is 10.1. The van der Waals surface area contributed by atoms with E-state index in [0.717, 1.165) is 32.4 Å². The molecule has 0 radical (unpaired) electrons. The van der Waals surface area contributed by atoms with Gasteiger partial charge >= 0.3 is 8.60 Å². The molecule has 1 saturated heterocycles. The quantitative estimate of drug-likeness (QED) is 0.192. The van der Waals surface area contributed by atoms with E-state index >= 15 is 0 Å². The molecule has 1 aliphatic heterocycles. The summed E-state index contributed by atoms with van der Waals surface area (Å²) in [6.45, 7) is 5.33. The minimum atomic E-state index is -1.17. The van der Waals surface area contributed by atoms with Crippen LogP contribution in [0.3, 0.4) is 0 Å². The van der Waals surface area contributed by atoms with Crippen LogP contribution in [0.2, 0.25) is 0 Å². The molecule has 1 fully saturated rings. The molecule has 1 heterocycles. The number of rotatable bonds is 17. The maximum Gasteiger partial charge on any atom is 0.332 e. The SMILES string of the molecule is CCCCCCCCCCCCCCOP(OC)OC1CCCN(C)CC1. The molecule has 5 heteroatoms. The van der Waals surface area contributed by atoms with Gasteiger partial charge in [-0.15, -0.1) is 0 Å². The summed E-state index contributed by atoms with van der Waals surface area (Å²) >= 11 is 0. The predicted molar refractivity (Wildman–Crippen MR) is 117 cm³/mol. The highest BCUT2D eigenvalue weighted by Crippen LogP contribution is 2.41. The number of hydrogen-bond donors (Lipinski definition) is 0. The van der Waals surface area contributed by atoms with Crippen LogP contribution in [-0.4, -0.2) is 44.9 Å². The van der Waals surface area contributed by atoms with Crippen molar-refractivity contribution < 1.29 is 13.6 Å². The lowest BCUT2D eigenvalue weighted by Gasteiger charge is -2.21. The molecule has 0 aromatic carbocycles. The summed E-state index contributed by atoms with van der Waals surface area (Å²) in [5.74, 6) is 0. The lowest BCUT2D eigenvalue weighted by molar-refractivity contribution is 0.120. The Bertz CT molecular complexity index is 320. The molecule has 0 aromatic heterocycles. The summed E-state index contributed by atoms with van der Waals surface area (Å²) in [7, 11) is 2.73. The fourth-order valence-electron chi connectivity index (χ4n) is 3.64. The van der Waals surface area contributed by atoms with Crippen molar-refractivity contribution in [3.8, 4) is 0 Å². The second-order valence-electron chi connectivity index (χ2n) is 8.09. The summed E-state index contributed by atoms with van der Waals surface area (Å²) in [5.41, 5.74) is 0. The van der Waals surface area contributed by atoms with E-state index in [-0.39, 0.29) is 0 Å². The van der Waals surface area contributed by atoms with Gasteiger partial charge in [-0.2, -0.15) is 0 Å². The van der Waals surface area contributed by atoms with Crippen LogP contribution in [0.25, 0.3) is 0 Å². The van der Waals surface area contributed by atoms with E-state index in [1.165, 1.54) is 83.6 Å². The van der Waals surface area contributed by atoms with Crippen LogP contribution in [0.15, 0.2) is 0 Å². The highest BCUT2D eigenvalue weighted by atomic mass is 31.2. The molecule has 0 saturated carbocycles. The van der Waals surface area contributed by atoms with Crippen molar-refractivity contribution in [3.05, 3.63) is 0 Å². The molecule has 0 N–H and O–H groups in total. The largest absolute Gasteiger partial charge is 0.332 e. The molecule has 4 nitrogen and oxygen atoms in total. The van der Waals surface area contributed by atoms with Gasteiger partial charge in [0, 0.05) is 13.7 Å². The summed E-state index contributed by atoms with van der Waals surface area (Å²) in [6, 6.07) is 0. The summed E-state index contributed by atoms with van der Waals surface area (Å²) in [4.78, 5) is 2.38. The predicted octanol–water partition coefficient (Wildman–Crippen LogP) is 7.08. The van der Waals surface area contributed by atoms with Crippen LogP contribution in [0.1, 0.15) is 103 Å². The summed E-state index contributed by atoms with van der Waals surface area (Å²) in [5, 5.41) is 0. The zero-order chi connectivity index (χ0) is 19.6. The van der Waals surface area contributed by atoms with E-state index in [2.05, 4.69) is 18.9 Å². The van der Waals surface area contributed by atoms with E-state index in [9.17, 15) is 0 Å². The van der Waals surface area contributed by atoms with Crippen molar-refractivity contribution >= 4 is 8.60 Å². The maximum atomic E-state index is 6.07. The van der Waals surface area contributed by atoms with Crippen molar-refractivity contribution in [1.29, 1.82) is 0 Å². The highest BCUT2D eigenvalue weighted by Gasteiger charge is 2.21. The minimum Gasteiger partial charge on any atom is -0.316 e. The van der Waals surface area contributed by atoms with Crippen molar-refractivity contribution in [3.63, 3.8) is 0 Å². The first kappa shape index (κ1) is 25.3. The topological polar surface area (TPSA) is 30.9 Å². The Balaban J connectivity index is 1.89. The molecular weight excluding hydrogens is 357 g/mol. The van der Waals surface area contributed by atoms with Gasteiger partial charge in [-0.25, -0.2) is 0 Å². The van der Waals surface area contributed by atoms with Gasteiger partial charge in [0.2, 0.25) is 0 Å². The normalized spacial score (nSPS) is 19.9. The van der Waals surface area contributed by atoms with Crippen LogP contribution in [0, 0.1) is 0 Å². The number of likely N-dealkylation sites (tertiary alicyclic amines) is 1. The van der Waals surface area contributed by atoms with Crippen LogP contribution in [-0.2, 0) is 13.6 Å². The average Bonchev–Trinajstić information content (AvgIpc) is 2.88. The lowest BCUT2D eigenvalue weighted by Crippen LogP contribution is -2.20. The molecule has 0 aliphatic carbocycles. The molecule has 2 unspecified atom stereocenters. The Kier molecular flexibility index (Phi) is 17.2. The Morgan fingerprint density at radius 2 is 1.41 bits per heavy atom. The van der Waals surface area contributed by atoms with Gasteiger partial charge < -0.3 is 18.5 Å². The third-order valence-corrected chi connectivity index (χ3v) is 6.64. The molecule has 0 amide bonds. The van der Waals surface area contributed by atoms with Crippen molar-refractivity contribution in [2.24, 2.45) is 0 Å². The number of hydrogen-bond acceptors (Lipinski definition) is 4. The van der Waals surface area contributed by atoms with E-state index in [0.29, 0.717) is 6.10 Å². The first-order valence-corrected chi connectivity index (χ1v) is 12.7. The first-order valence-electron chi connectivity index (χ1n) is 11.6. The van der Waals surface area contributed by atoms with Gasteiger partial charge in [-0.1, -0.05) is 77.6 Å². The van der Waals surface area contributed by atoms with Crippen LogP contribution in [0.5, 0.6) is 0 Å². The molecule has 1 rings (SSSR count). The summed E-state index contributed by atoms with van der Waals surface area (Å²) < 4.78 is 17.4. The Morgan fingerprint density at radius 3 is 2.00 bits per heavy atom. The molecule has 0 spiro atoms. The van der Waals surface area contributed by atoms with Gasteiger partial charge in [-0.3, -0.25) is 0 Å². The minimum absolute atomic E-state index is 0.294. The Labute approximate surface area is 170 Å². The van der Waals surface area contributed by atoms with E-state index < -0.39 is 8.60 Å². The molecule has 27 heavy (non-hydrogen) atoms. The van der Waals surface area contributed by atoms with Crippen LogP contribution in [0.4, 0.5) is 0 Å². The van der Waals surface area contributed by atoms with Crippen LogP contribution >= 0.6 is 8.60 Å². The molecule has 0 bridgehead atoms. The molecule has 0 aromatic rings. The molecule has 1 aliphatic rings. The second kappa shape index (κ2) is 18.3. The third-order valence-electron chi connectivity index (χ3n) is 5.48. The molecule has 2 atom stereocenters. The standard InChI is InChI=1S/C22H46NO3P/c1-4-5-6-7-8-9-10-11-12-13-14-15-21-25-27(24-3)26-22-17-16-19-23(2)20-18-22/h22H,4-21H2,1-3H3. The van der Waals surface area contributed by atoms with Crippen molar-refractivity contribution in [2.75, 3.05) is 33.9 Å². The first-order chi connectivity index (χ1) is 13.3. The van der Waals surface area contributed by atoms with Crippen LogP contribution < -0.4 is 0 Å². The van der Waals surface area contributed by atoms with Crippen molar-refractivity contribution in [1.82, 2.24) is 4.90 Å². The Morgan fingerprint density at radius 1 is 0.815 bits per heavy atom. The smallest absolute Gasteiger partial charge is 0.316 e. The van der Waals surface area contributed by atoms with E-state index in [4.69, 9.17) is 13.6 Å². The van der Waals surface area contributed by atoms with E-state index in [1.807, 2.05) is 0 Å². The second-order valence-corrected chi connectivity index (χ2v) is 9.37. The fourth-order valence-corrected chi connectivity index (χ4v) is 4.63. The third kappa shape index (κ3) is 14.9. The fraction of sp³-hybridized carbons (Fsp3) is 1.00. The van der Waals surface area contributed by atoms with Gasteiger partial charge in [0.15, 0.2) is 0 Å². The Hall–Kier alpha value is 0.270. The van der Waals surface area contributed by atoms with Crippen molar-refractivity contribution in [2.45, 2.75) is 109 Å². The molecular formula is C22H46NO3P. The summed E-state index contributed by atoms with van der Waals surface area (Å²) in [6.07, 6.45) is 20.1. The van der Waals surface area contributed by atoms with Gasteiger partial charge in [-0.05, 0) is 39.3 Å². The zero-order valence-corrected chi connectivity index (χ0v) is 19.3. The number of nitrogens with zero attached hydrogens (tertiary/aromatic N) is 1. The van der Waals surface area contributed by atoms with E-state index in [1.54, 1.807) is 7.11 Å². The van der Waals surface area contributed by atoms with Gasteiger partial charge in [0.1, 0.15) is 0 Å². The highest BCUT2D eigenvalue weighted by molar-refractivity contribution is 7.41. The average molecular weight is 404 g/mol. The molecule has 162 valence electrons. The number of unbranched alkanes of at least 4 members (excludes halogenated alkanes) is 11. The zero-order valence-electron chi connectivity index (χ0n) is 18.4. The van der Waals surface area contributed by atoms with Gasteiger partial charge in [0.05, 0.1) is 12.7 Å².